The SMILES string of the molecule is CN(CC(=O)O)C1CCN(Cc2sc3ccccc3c2Cl)CC1. The number of hydrogen-bond acceptors (Lipinski definition) is 4. The highest BCUT2D eigenvalue weighted by Crippen LogP contribution is 2.36. The maximum absolute atomic E-state index is 10.8. The Balaban J connectivity index is 1.60. The van der Waals surface area contributed by atoms with Gasteiger partial charge in [-0.1, -0.05) is 29.8 Å². The second kappa shape index (κ2) is 7.18. The second-order valence-electron chi connectivity index (χ2n) is 6.15. The Kier molecular flexibility index (Phi) is 5.21. The third kappa shape index (κ3) is 3.86. The number of carboxylic acid groups (broad SMARTS) is 1. The maximum Gasteiger partial charge on any atom is 0.317 e. The lowest BCUT2D eigenvalue weighted by Crippen LogP contribution is -2.44. The van der Waals surface area contributed by atoms with Crippen molar-refractivity contribution in [2.45, 2.75) is 25.4 Å². The summed E-state index contributed by atoms with van der Waals surface area (Å²) >= 11 is 8.29. The Morgan fingerprint density at radius 3 is 2.74 bits per heavy atom. The number of piperidine rings is 1. The smallest absolute Gasteiger partial charge is 0.317 e. The minimum Gasteiger partial charge on any atom is -0.480 e. The molecule has 4 nitrogen and oxygen atoms in total. The van der Waals surface area contributed by atoms with Crippen LogP contribution in [0.15, 0.2) is 24.3 Å². The summed E-state index contributed by atoms with van der Waals surface area (Å²) in [7, 11) is 1.90. The van der Waals surface area contributed by atoms with E-state index < -0.39 is 5.97 Å². The van der Waals surface area contributed by atoms with Gasteiger partial charge in [-0.25, -0.2) is 0 Å². The number of hydrogen-bond donors (Lipinski definition) is 1. The Hall–Kier alpha value is -1.14. The van der Waals surface area contributed by atoms with Gasteiger partial charge in [0, 0.05) is 40.6 Å². The summed E-state index contributed by atoms with van der Waals surface area (Å²) in [5.41, 5.74) is 0. The van der Waals surface area contributed by atoms with Crippen molar-refractivity contribution < 1.29 is 9.90 Å². The van der Waals surface area contributed by atoms with Crippen LogP contribution in [-0.4, -0.2) is 53.6 Å². The molecule has 1 aromatic carbocycles. The fraction of sp³-hybridized carbons (Fsp3) is 0.471. The zero-order valence-corrected chi connectivity index (χ0v) is 14.7. The van der Waals surface area contributed by atoms with Gasteiger partial charge in [0.2, 0.25) is 0 Å². The molecule has 1 fully saturated rings. The van der Waals surface area contributed by atoms with Gasteiger partial charge in [-0.2, -0.15) is 0 Å². The van der Waals surface area contributed by atoms with Crippen molar-refractivity contribution in [3.05, 3.63) is 34.2 Å². The summed E-state index contributed by atoms with van der Waals surface area (Å²) in [6.07, 6.45) is 2.01. The Bertz CT molecular complexity index is 695. The van der Waals surface area contributed by atoms with Crippen LogP contribution in [0.3, 0.4) is 0 Å². The molecule has 1 saturated heterocycles. The predicted molar refractivity (Wildman–Crippen MR) is 95.4 cm³/mol. The molecular formula is C17H21ClN2O2S. The molecule has 2 heterocycles. The van der Waals surface area contributed by atoms with Crippen molar-refractivity contribution in [1.29, 1.82) is 0 Å². The third-order valence-electron chi connectivity index (χ3n) is 4.53. The number of carbonyl (C=O) groups is 1. The van der Waals surface area contributed by atoms with Crippen LogP contribution in [0.1, 0.15) is 17.7 Å². The normalized spacial score (nSPS) is 17.2. The van der Waals surface area contributed by atoms with Crippen LogP contribution >= 0.6 is 22.9 Å². The van der Waals surface area contributed by atoms with Crippen LogP contribution in [-0.2, 0) is 11.3 Å². The van der Waals surface area contributed by atoms with Crippen LogP contribution in [0.2, 0.25) is 5.02 Å². The van der Waals surface area contributed by atoms with E-state index in [0.29, 0.717) is 6.04 Å². The number of aliphatic carboxylic acids is 1. The first-order valence-electron chi connectivity index (χ1n) is 7.85. The Morgan fingerprint density at radius 2 is 2.09 bits per heavy atom. The summed E-state index contributed by atoms with van der Waals surface area (Å²) in [6, 6.07) is 8.62. The summed E-state index contributed by atoms with van der Waals surface area (Å²) < 4.78 is 1.24. The highest BCUT2D eigenvalue weighted by atomic mass is 35.5. The molecule has 1 aromatic heterocycles. The molecule has 6 heteroatoms. The summed E-state index contributed by atoms with van der Waals surface area (Å²) in [5.74, 6) is -0.757. The highest BCUT2D eigenvalue weighted by molar-refractivity contribution is 7.19. The fourth-order valence-electron chi connectivity index (χ4n) is 3.23. The van der Waals surface area contributed by atoms with E-state index in [-0.39, 0.29) is 6.54 Å². The quantitative estimate of drug-likeness (QED) is 0.894. The molecule has 0 aliphatic carbocycles. The van der Waals surface area contributed by atoms with E-state index in [1.54, 1.807) is 11.3 Å². The fourth-order valence-corrected chi connectivity index (χ4v) is 4.77. The number of fused-ring (bicyclic) bond motifs is 1. The molecule has 1 aliphatic heterocycles. The number of thiophene rings is 1. The Labute approximate surface area is 145 Å². The monoisotopic (exact) mass is 352 g/mol. The van der Waals surface area contributed by atoms with E-state index >= 15 is 0 Å². The number of halogens is 1. The van der Waals surface area contributed by atoms with Crippen LogP contribution in [0.25, 0.3) is 10.1 Å². The van der Waals surface area contributed by atoms with Gasteiger partial charge in [-0.05, 0) is 26.0 Å². The number of likely N-dealkylation sites (tertiary alicyclic amines) is 1. The topological polar surface area (TPSA) is 43.8 Å². The summed E-state index contributed by atoms with van der Waals surface area (Å²) in [5, 5.41) is 10.9. The van der Waals surface area contributed by atoms with Gasteiger partial charge < -0.3 is 5.11 Å². The van der Waals surface area contributed by atoms with Gasteiger partial charge in [0.1, 0.15) is 0 Å². The minimum absolute atomic E-state index is 0.118. The maximum atomic E-state index is 10.8. The van der Waals surface area contributed by atoms with Gasteiger partial charge in [0.05, 0.1) is 11.6 Å². The van der Waals surface area contributed by atoms with Crippen molar-refractivity contribution in [2.75, 3.05) is 26.7 Å². The van der Waals surface area contributed by atoms with Crippen molar-refractivity contribution in [1.82, 2.24) is 9.80 Å². The molecule has 1 N–H and O–H groups in total. The number of benzene rings is 1. The molecule has 0 atom stereocenters. The van der Waals surface area contributed by atoms with Gasteiger partial charge in [0.25, 0.3) is 0 Å². The third-order valence-corrected chi connectivity index (χ3v) is 6.23. The predicted octanol–water partition coefficient (Wildman–Crippen LogP) is 3.54. The van der Waals surface area contributed by atoms with E-state index in [2.05, 4.69) is 17.0 Å². The molecule has 0 bridgehead atoms. The van der Waals surface area contributed by atoms with Gasteiger partial charge in [-0.3, -0.25) is 14.6 Å². The standard InChI is InChI=1S/C17H21ClN2O2S/c1-19(11-16(21)22)12-6-8-20(9-7-12)10-15-17(18)13-4-2-3-5-14(13)23-15/h2-5,12H,6-11H2,1H3,(H,21,22). The van der Waals surface area contributed by atoms with Crippen molar-refractivity contribution in [3.63, 3.8) is 0 Å². The Morgan fingerprint density at radius 1 is 1.39 bits per heavy atom. The molecule has 0 amide bonds. The van der Waals surface area contributed by atoms with E-state index in [9.17, 15) is 4.79 Å². The summed E-state index contributed by atoms with van der Waals surface area (Å²) in [6.45, 7) is 2.97. The molecule has 23 heavy (non-hydrogen) atoms. The van der Waals surface area contributed by atoms with Crippen LogP contribution in [0, 0.1) is 0 Å². The highest BCUT2D eigenvalue weighted by Gasteiger charge is 2.24. The summed E-state index contributed by atoms with van der Waals surface area (Å²) in [4.78, 5) is 16.4. The number of nitrogens with zero attached hydrogens (tertiary/aromatic N) is 2. The number of carboxylic acids is 1. The van der Waals surface area contributed by atoms with Gasteiger partial charge in [0.15, 0.2) is 0 Å². The van der Waals surface area contributed by atoms with Gasteiger partial charge in [-0.15, -0.1) is 11.3 Å². The average molecular weight is 353 g/mol. The zero-order valence-electron chi connectivity index (χ0n) is 13.2. The van der Waals surface area contributed by atoms with Crippen LogP contribution < -0.4 is 0 Å². The van der Waals surface area contributed by atoms with Crippen LogP contribution in [0.4, 0.5) is 0 Å². The molecule has 1 aliphatic rings. The molecule has 0 saturated carbocycles. The largest absolute Gasteiger partial charge is 0.480 e. The molecule has 0 unspecified atom stereocenters. The van der Waals surface area contributed by atoms with E-state index in [1.807, 2.05) is 24.1 Å². The van der Waals surface area contributed by atoms with Crippen LogP contribution in [0.5, 0.6) is 0 Å². The second-order valence-corrected chi connectivity index (χ2v) is 7.67. The van der Waals surface area contributed by atoms with Crippen molar-refractivity contribution in [2.24, 2.45) is 0 Å². The molecule has 3 rings (SSSR count). The number of rotatable bonds is 5. The molecular weight excluding hydrogens is 332 g/mol. The first kappa shape index (κ1) is 16.7. The van der Waals surface area contributed by atoms with E-state index in [0.717, 1.165) is 42.9 Å². The lowest BCUT2D eigenvalue weighted by Gasteiger charge is -2.36. The minimum atomic E-state index is -0.757. The van der Waals surface area contributed by atoms with Crippen molar-refractivity contribution in [3.8, 4) is 0 Å². The first-order valence-corrected chi connectivity index (χ1v) is 9.04. The first-order chi connectivity index (χ1) is 11.0. The molecule has 0 spiro atoms. The molecule has 2 aromatic rings. The zero-order chi connectivity index (χ0) is 16.4. The lowest BCUT2D eigenvalue weighted by atomic mass is 10.0. The van der Waals surface area contributed by atoms with Gasteiger partial charge >= 0.3 is 5.97 Å². The van der Waals surface area contributed by atoms with E-state index in [4.69, 9.17) is 16.7 Å². The lowest BCUT2D eigenvalue weighted by molar-refractivity contribution is -0.138. The van der Waals surface area contributed by atoms with Crippen molar-refractivity contribution >= 4 is 39.0 Å². The average Bonchev–Trinajstić information content (AvgIpc) is 2.84. The van der Waals surface area contributed by atoms with E-state index in [1.165, 1.54) is 9.58 Å². The number of likely N-dealkylation sites (N-methyl/N-ethyl adjacent to an activating group) is 1. The molecule has 124 valence electrons. The molecule has 0 radical (unpaired) electrons.